The van der Waals surface area contributed by atoms with E-state index in [4.69, 9.17) is 14.2 Å². The minimum atomic E-state index is 0.708. The lowest BCUT2D eigenvalue weighted by molar-refractivity contribution is 0.140. The Morgan fingerprint density at radius 2 is 1.95 bits per heavy atom. The summed E-state index contributed by atoms with van der Waals surface area (Å²) in [5.41, 5.74) is 1.19. The van der Waals surface area contributed by atoms with Crippen LogP contribution in [0.25, 0.3) is 0 Å². The van der Waals surface area contributed by atoms with Crippen molar-refractivity contribution in [1.82, 2.24) is 5.32 Å². The number of halogens is 1. The molecule has 0 saturated carbocycles. The molecular weight excluding hydrogens is 310 g/mol. The van der Waals surface area contributed by atoms with Gasteiger partial charge in [0.2, 0.25) is 0 Å². The van der Waals surface area contributed by atoms with Crippen LogP contribution in [0.2, 0.25) is 0 Å². The summed E-state index contributed by atoms with van der Waals surface area (Å²) < 4.78 is 17.9. The summed E-state index contributed by atoms with van der Waals surface area (Å²) in [6, 6.07) is 4.04. The fourth-order valence-corrected chi connectivity index (χ4v) is 2.40. The van der Waals surface area contributed by atoms with Gasteiger partial charge in [0.25, 0.3) is 0 Å². The molecule has 1 aromatic carbocycles. The summed E-state index contributed by atoms with van der Waals surface area (Å²) in [7, 11) is 1.92. The highest BCUT2D eigenvalue weighted by Crippen LogP contribution is 2.35. The molecule has 4 nitrogen and oxygen atoms in total. The van der Waals surface area contributed by atoms with Crippen molar-refractivity contribution in [3.8, 4) is 11.5 Å². The summed E-state index contributed by atoms with van der Waals surface area (Å²) in [4.78, 5) is 0. The maximum atomic E-state index is 5.69. The fraction of sp³-hybridized carbons (Fsp3) is 0.571. The van der Waals surface area contributed by atoms with Crippen LogP contribution in [-0.4, -0.2) is 40.0 Å². The zero-order chi connectivity index (χ0) is 13.5. The smallest absolute Gasteiger partial charge is 0.162 e. The first-order valence-corrected chi connectivity index (χ1v) is 7.41. The molecule has 0 amide bonds. The van der Waals surface area contributed by atoms with Gasteiger partial charge in [-0.15, -0.1) is 0 Å². The van der Waals surface area contributed by atoms with Gasteiger partial charge in [-0.05, 0) is 31.2 Å². The van der Waals surface area contributed by atoms with Crippen LogP contribution < -0.4 is 14.8 Å². The Bertz CT molecular complexity index is 412. The highest BCUT2D eigenvalue weighted by Gasteiger charge is 2.13. The molecule has 0 spiro atoms. The second-order valence-electron chi connectivity index (χ2n) is 4.41. The number of fused-ring (bicyclic) bond motifs is 1. The van der Waals surface area contributed by atoms with E-state index in [1.807, 2.05) is 19.2 Å². The number of ether oxygens (including phenoxy) is 3. The normalized spacial score (nSPS) is 14.2. The van der Waals surface area contributed by atoms with Crippen LogP contribution in [0.1, 0.15) is 12.0 Å². The standard InChI is InChI=1S/C14H20BrNO3/c1-16-4-8-17-7-3-11-9-13-14(10-12(11)15)19-6-2-5-18-13/h9-10,16H,2-8H2,1H3. The second-order valence-corrected chi connectivity index (χ2v) is 5.26. The molecule has 5 heteroatoms. The van der Waals surface area contributed by atoms with E-state index in [9.17, 15) is 0 Å². The molecule has 1 N–H and O–H groups in total. The quantitative estimate of drug-likeness (QED) is 0.813. The lowest BCUT2D eigenvalue weighted by Crippen LogP contribution is -2.15. The third-order valence-corrected chi connectivity index (χ3v) is 3.67. The first kappa shape index (κ1) is 14.6. The zero-order valence-electron chi connectivity index (χ0n) is 11.2. The molecule has 0 aliphatic carbocycles. The van der Waals surface area contributed by atoms with E-state index >= 15 is 0 Å². The summed E-state index contributed by atoms with van der Waals surface area (Å²) in [5, 5.41) is 3.05. The molecule has 1 aliphatic rings. The van der Waals surface area contributed by atoms with Crippen molar-refractivity contribution in [1.29, 1.82) is 0 Å². The van der Waals surface area contributed by atoms with Crippen molar-refractivity contribution < 1.29 is 14.2 Å². The van der Waals surface area contributed by atoms with E-state index in [0.717, 1.165) is 42.0 Å². The minimum Gasteiger partial charge on any atom is -0.490 e. The molecule has 106 valence electrons. The van der Waals surface area contributed by atoms with Gasteiger partial charge in [0.05, 0.1) is 26.4 Å². The molecule has 0 radical (unpaired) electrons. The largest absolute Gasteiger partial charge is 0.490 e. The van der Waals surface area contributed by atoms with Gasteiger partial charge in [-0.25, -0.2) is 0 Å². The number of benzene rings is 1. The lowest BCUT2D eigenvalue weighted by Gasteiger charge is -2.12. The Kier molecular flexibility index (Phi) is 5.94. The summed E-state index contributed by atoms with van der Waals surface area (Å²) in [6.45, 7) is 3.75. The Labute approximate surface area is 122 Å². The Morgan fingerprint density at radius 3 is 2.68 bits per heavy atom. The predicted octanol–water partition coefficient (Wildman–Crippen LogP) is 2.39. The maximum Gasteiger partial charge on any atom is 0.162 e. The second kappa shape index (κ2) is 7.72. The predicted molar refractivity (Wildman–Crippen MR) is 78.2 cm³/mol. The van der Waals surface area contributed by atoms with E-state index in [0.29, 0.717) is 19.8 Å². The van der Waals surface area contributed by atoms with Gasteiger partial charge in [-0.2, -0.15) is 0 Å². The minimum absolute atomic E-state index is 0.708. The molecule has 1 aromatic rings. The maximum absolute atomic E-state index is 5.69. The Hall–Kier alpha value is -0.780. The highest BCUT2D eigenvalue weighted by molar-refractivity contribution is 9.10. The molecule has 0 unspecified atom stereocenters. The molecule has 1 aliphatic heterocycles. The number of rotatable bonds is 6. The molecule has 2 rings (SSSR count). The van der Waals surface area contributed by atoms with Crippen molar-refractivity contribution in [2.45, 2.75) is 12.8 Å². The first-order chi connectivity index (χ1) is 9.31. The fourth-order valence-electron chi connectivity index (χ4n) is 1.88. The third-order valence-electron chi connectivity index (χ3n) is 2.93. The molecular formula is C14H20BrNO3. The first-order valence-electron chi connectivity index (χ1n) is 6.61. The van der Waals surface area contributed by atoms with E-state index in [-0.39, 0.29) is 0 Å². The number of nitrogens with one attached hydrogen (secondary N) is 1. The molecule has 0 aromatic heterocycles. The van der Waals surface area contributed by atoms with Gasteiger partial charge >= 0.3 is 0 Å². The van der Waals surface area contributed by atoms with Gasteiger partial charge in [-0.3, -0.25) is 0 Å². The van der Waals surface area contributed by atoms with Crippen LogP contribution in [0, 0.1) is 0 Å². The van der Waals surface area contributed by atoms with Crippen LogP contribution in [0.3, 0.4) is 0 Å². The van der Waals surface area contributed by atoms with Crippen LogP contribution >= 0.6 is 15.9 Å². The van der Waals surface area contributed by atoms with E-state index in [1.54, 1.807) is 0 Å². The topological polar surface area (TPSA) is 39.7 Å². The number of hydrogen-bond donors (Lipinski definition) is 1. The van der Waals surface area contributed by atoms with Gasteiger partial charge in [0.15, 0.2) is 11.5 Å². The van der Waals surface area contributed by atoms with E-state index in [2.05, 4.69) is 21.2 Å². The summed E-state index contributed by atoms with van der Waals surface area (Å²) in [6.07, 6.45) is 1.79. The van der Waals surface area contributed by atoms with Crippen LogP contribution in [-0.2, 0) is 11.2 Å². The average Bonchev–Trinajstić information content (AvgIpc) is 2.63. The van der Waals surface area contributed by atoms with E-state index in [1.165, 1.54) is 5.56 Å². The summed E-state index contributed by atoms with van der Waals surface area (Å²) in [5.74, 6) is 1.66. The van der Waals surface area contributed by atoms with Crippen molar-refractivity contribution in [2.75, 3.05) is 40.0 Å². The van der Waals surface area contributed by atoms with Crippen molar-refractivity contribution in [2.24, 2.45) is 0 Å². The zero-order valence-corrected chi connectivity index (χ0v) is 12.8. The molecule has 1 heterocycles. The van der Waals surface area contributed by atoms with Gasteiger partial charge in [-0.1, -0.05) is 15.9 Å². The van der Waals surface area contributed by atoms with E-state index < -0.39 is 0 Å². The van der Waals surface area contributed by atoms with Gasteiger partial charge < -0.3 is 19.5 Å². The molecule has 19 heavy (non-hydrogen) atoms. The van der Waals surface area contributed by atoms with Crippen LogP contribution in [0.15, 0.2) is 16.6 Å². The van der Waals surface area contributed by atoms with Gasteiger partial charge in [0.1, 0.15) is 0 Å². The molecule has 0 saturated heterocycles. The van der Waals surface area contributed by atoms with Crippen LogP contribution in [0.4, 0.5) is 0 Å². The monoisotopic (exact) mass is 329 g/mol. The van der Waals surface area contributed by atoms with Crippen LogP contribution in [0.5, 0.6) is 11.5 Å². The molecule has 0 bridgehead atoms. The average molecular weight is 330 g/mol. The highest BCUT2D eigenvalue weighted by atomic mass is 79.9. The Morgan fingerprint density at radius 1 is 1.21 bits per heavy atom. The number of hydrogen-bond acceptors (Lipinski definition) is 4. The van der Waals surface area contributed by atoms with Crippen molar-refractivity contribution in [3.63, 3.8) is 0 Å². The summed E-state index contributed by atoms with van der Waals surface area (Å²) >= 11 is 3.58. The SMILES string of the molecule is CNCCOCCc1cc2c(cc1Br)OCCCO2. The lowest BCUT2D eigenvalue weighted by atomic mass is 10.1. The number of likely N-dealkylation sites (N-methyl/N-ethyl adjacent to an activating group) is 1. The molecule has 0 atom stereocenters. The third kappa shape index (κ3) is 4.37. The molecule has 0 fully saturated rings. The van der Waals surface area contributed by atoms with Gasteiger partial charge in [0, 0.05) is 17.4 Å². The van der Waals surface area contributed by atoms with Crippen molar-refractivity contribution in [3.05, 3.63) is 22.2 Å². The van der Waals surface area contributed by atoms with Crippen molar-refractivity contribution >= 4 is 15.9 Å². The Balaban J connectivity index is 1.95.